The molecule has 110 valence electrons. The molecule has 0 spiro atoms. The van der Waals surface area contributed by atoms with E-state index in [1.807, 2.05) is 48.7 Å². The highest BCUT2D eigenvalue weighted by atomic mass is 35.5. The van der Waals surface area contributed by atoms with Crippen molar-refractivity contribution >= 4 is 23.4 Å². The minimum atomic E-state index is 0.627. The maximum atomic E-state index is 5.89. The van der Waals surface area contributed by atoms with Gasteiger partial charge in [-0.3, -0.25) is 0 Å². The number of rotatable bonds is 4. The van der Waals surface area contributed by atoms with Crippen molar-refractivity contribution in [3.05, 3.63) is 71.1 Å². The van der Waals surface area contributed by atoms with Crippen LogP contribution in [0.1, 0.15) is 11.4 Å². The van der Waals surface area contributed by atoms with Crippen LogP contribution in [0.15, 0.2) is 54.7 Å². The summed E-state index contributed by atoms with van der Waals surface area (Å²) in [4.78, 5) is 0. The number of tetrazole rings is 1. The van der Waals surface area contributed by atoms with Gasteiger partial charge in [-0.2, -0.15) is 4.68 Å². The zero-order valence-electron chi connectivity index (χ0n) is 11.9. The van der Waals surface area contributed by atoms with E-state index in [0.717, 1.165) is 11.4 Å². The first-order valence-electron chi connectivity index (χ1n) is 6.76. The number of anilines is 1. The fourth-order valence-corrected chi connectivity index (χ4v) is 2.05. The number of hydrogen-bond donors (Lipinski definition) is 1. The van der Waals surface area contributed by atoms with Crippen molar-refractivity contribution in [3.63, 3.8) is 0 Å². The van der Waals surface area contributed by atoms with Gasteiger partial charge in [-0.25, -0.2) is 0 Å². The molecule has 0 aliphatic heterocycles. The minimum absolute atomic E-state index is 0.627. The highest BCUT2D eigenvalue weighted by Gasteiger charge is 2.04. The molecule has 0 aliphatic carbocycles. The lowest BCUT2D eigenvalue weighted by molar-refractivity contribution is 0.787. The molecule has 3 aromatic rings. The van der Waals surface area contributed by atoms with Crippen molar-refractivity contribution < 1.29 is 0 Å². The van der Waals surface area contributed by atoms with Crippen LogP contribution >= 0.6 is 11.6 Å². The van der Waals surface area contributed by atoms with E-state index in [1.165, 1.54) is 5.56 Å². The Kier molecular flexibility index (Phi) is 4.16. The summed E-state index contributed by atoms with van der Waals surface area (Å²) in [5.41, 5.74) is 3.08. The molecular formula is C16H14ClN5. The molecule has 0 aliphatic rings. The molecule has 0 saturated heterocycles. The van der Waals surface area contributed by atoms with Crippen LogP contribution in [-0.2, 0) is 0 Å². The number of aryl methyl sites for hydroxylation is 1. The van der Waals surface area contributed by atoms with Crippen molar-refractivity contribution in [2.75, 3.05) is 5.32 Å². The van der Waals surface area contributed by atoms with E-state index >= 15 is 0 Å². The summed E-state index contributed by atoms with van der Waals surface area (Å²) < 4.78 is 1.64. The molecule has 22 heavy (non-hydrogen) atoms. The first-order valence-corrected chi connectivity index (χ1v) is 7.14. The van der Waals surface area contributed by atoms with Gasteiger partial charge in [-0.15, -0.1) is 5.10 Å². The molecule has 1 aromatic heterocycles. The maximum Gasteiger partial charge on any atom is 0.181 e. The van der Waals surface area contributed by atoms with Crippen LogP contribution in [0.3, 0.4) is 0 Å². The van der Waals surface area contributed by atoms with Crippen molar-refractivity contribution in [1.82, 2.24) is 20.2 Å². The number of hydrogen-bond acceptors (Lipinski definition) is 4. The first-order chi connectivity index (χ1) is 10.7. The van der Waals surface area contributed by atoms with Crippen molar-refractivity contribution in [3.8, 4) is 5.69 Å². The Morgan fingerprint density at radius 1 is 1.05 bits per heavy atom. The van der Waals surface area contributed by atoms with Crippen LogP contribution in [0.2, 0.25) is 5.02 Å². The van der Waals surface area contributed by atoms with Gasteiger partial charge in [-0.1, -0.05) is 29.3 Å². The van der Waals surface area contributed by atoms with E-state index in [1.54, 1.807) is 16.8 Å². The predicted octanol–water partition coefficient (Wildman–Crippen LogP) is 3.71. The average Bonchev–Trinajstić information content (AvgIpc) is 2.98. The van der Waals surface area contributed by atoms with E-state index in [4.69, 9.17) is 11.6 Å². The van der Waals surface area contributed by atoms with Gasteiger partial charge in [0.15, 0.2) is 5.82 Å². The van der Waals surface area contributed by atoms with Gasteiger partial charge >= 0.3 is 0 Å². The molecule has 0 atom stereocenters. The Bertz CT molecular complexity index is 775. The third-order valence-corrected chi connectivity index (χ3v) is 3.35. The molecule has 1 heterocycles. The normalized spacial score (nSPS) is 11.0. The Morgan fingerprint density at radius 2 is 1.77 bits per heavy atom. The van der Waals surface area contributed by atoms with Gasteiger partial charge in [0.2, 0.25) is 0 Å². The fraction of sp³-hybridized carbons (Fsp3) is 0.0625. The second kappa shape index (κ2) is 6.41. The van der Waals surface area contributed by atoms with Gasteiger partial charge in [0.1, 0.15) is 0 Å². The summed E-state index contributed by atoms with van der Waals surface area (Å²) in [7, 11) is 0. The van der Waals surface area contributed by atoms with Crippen LogP contribution in [0.4, 0.5) is 5.69 Å². The smallest absolute Gasteiger partial charge is 0.181 e. The van der Waals surface area contributed by atoms with Gasteiger partial charge in [0, 0.05) is 23.0 Å². The zero-order chi connectivity index (χ0) is 15.4. The average molecular weight is 312 g/mol. The Hall–Kier alpha value is -2.66. The SMILES string of the molecule is Cc1ccc(N/C=C\c2nnnn2-c2ccc(Cl)cc2)cc1. The maximum absolute atomic E-state index is 5.89. The number of nitrogens with one attached hydrogen (secondary N) is 1. The molecule has 1 N–H and O–H groups in total. The molecule has 3 rings (SSSR count). The van der Waals surface area contributed by atoms with Crippen LogP contribution in [0.5, 0.6) is 0 Å². The highest BCUT2D eigenvalue weighted by Crippen LogP contribution is 2.14. The molecule has 0 saturated carbocycles. The van der Waals surface area contributed by atoms with E-state index in [0.29, 0.717) is 10.8 Å². The van der Waals surface area contributed by atoms with Gasteiger partial charge in [0.05, 0.1) is 5.69 Å². The fourth-order valence-electron chi connectivity index (χ4n) is 1.93. The molecule has 5 nitrogen and oxygen atoms in total. The zero-order valence-corrected chi connectivity index (χ0v) is 12.7. The van der Waals surface area contributed by atoms with Crippen molar-refractivity contribution in [2.24, 2.45) is 0 Å². The summed E-state index contributed by atoms with van der Waals surface area (Å²) in [5, 5.41) is 15.6. The summed E-state index contributed by atoms with van der Waals surface area (Å²) in [6.45, 7) is 2.06. The lowest BCUT2D eigenvalue weighted by Gasteiger charge is -2.02. The lowest BCUT2D eigenvalue weighted by Crippen LogP contribution is -1.99. The summed E-state index contributed by atoms with van der Waals surface area (Å²) >= 11 is 5.89. The van der Waals surface area contributed by atoms with Crippen LogP contribution in [0, 0.1) is 6.92 Å². The Labute approximate surface area is 133 Å². The number of nitrogens with zero attached hydrogens (tertiary/aromatic N) is 4. The molecule has 0 bridgehead atoms. The molecule has 6 heteroatoms. The number of aromatic nitrogens is 4. The summed E-state index contributed by atoms with van der Waals surface area (Å²) in [5.74, 6) is 0.627. The van der Waals surface area contributed by atoms with Crippen LogP contribution in [0.25, 0.3) is 11.8 Å². The second-order valence-corrected chi connectivity index (χ2v) is 5.21. The monoisotopic (exact) mass is 311 g/mol. The van der Waals surface area contributed by atoms with E-state index in [-0.39, 0.29) is 0 Å². The van der Waals surface area contributed by atoms with Crippen molar-refractivity contribution in [1.29, 1.82) is 0 Å². The number of benzene rings is 2. The van der Waals surface area contributed by atoms with Gasteiger partial charge in [0.25, 0.3) is 0 Å². The number of halogens is 1. The standard InChI is InChI=1S/C16H14ClN5/c1-12-2-6-14(7-3-12)18-11-10-16-19-20-21-22(16)15-8-4-13(17)5-9-15/h2-11,18H,1H3/b11-10-. The second-order valence-electron chi connectivity index (χ2n) is 4.77. The molecule has 2 aromatic carbocycles. The van der Waals surface area contributed by atoms with Gasteiger partial charge < -0.3 is 5.32 Å². The summed E-state index contributed by atoms with van der Waals surface area (Å²) in [6.07, 6.45) is 3.62. The van der Waals surface area contributed by atoms with Crippen LogP contribution < -0.4 is 5.32 Å². The van der Waals surface area contributed by atoms with Crippen molar-refractivity contribution in [2.45, 2.75) is 6.92 Å². The largest absolute Gasteiger partial charge is 0.362 e. The molecular weight excluding hydrogens is 298 g/mol. The van der Waals surface area contributed by atoms with E-state index in [9.17, 15) is 0 Å². The minimum Gasteiger partial charge on any atom is -0.362 e. The first kappa shape index (κ1) is 14.3. The molecule has 0 amide bonds. The molecule has 0 unspecified atom stereocenters. The Balaban J connectivity index is 1.76. The lowest BCUT2D eigenvalue weighted by atomic mass is 10.2. The summed E-state index contributed by atoms with van der Waals surface area (Å²) in [6, 6.07) is 15.5. The quantitative estimate of drug-likeness (QED) is 0.798. The van der Waals surface area contributed by atoms with E-state index in [2.05, 4.69) is 27.8 Å². The Morgan fingerprint density at radius 3 is 2.50 bits per heavy atom. The van der Waals surface area contributed by atoms with Gasteiger partial charge in [-0.05, 0) is 53.7 Å². The van der Waals surface area contributed by atoms with E-state index < -0.39 is 0 Å². The third kappa shape index (κ3) is 3.32. The highest BCUT2D eigenvalue weighted by molar-refractivity contribution is 6.30. The predicted molar refractivity (Wildman–Crippen MR) is 88.0 cm³/mol. The van der Waals surface area contributed by atoms with Crippen LogP contribution in [-0.4, -0.2) is 20.2 Å². The molecule has 0 radical (unpaired) electrons. The topological polar surface area (TPSA) is 55.6 Å². The molecule has 0 fully saturated rings. The third-order valence-electron chi connectivity index (χ3n) is 3.10.